The van der Waals surface area contributed by atoms with Gasteiger partial charge in [0.05, 0.1) is 11.5 Å². The summed E-state index contributed by atoms with van der Waals surface area (Å²) >= 11 is 0. The molecule has 102 valence electrons. The van der Waals surface area contributed by atoms with Gasteiger partial charge in [0, 0.05) is 17.3 Å². The van der Waals surface area contributed by atoms with Gasteiger partial charge in [0.1, 0.15) is 12.4 Å². The maximum atomic E-state index is 11.3. The first-order valence-electron chi connectivity index (χ1n) is 5.63. The predicted octanol–water partition coefficient (Wildman–Crippen LogP) is 2.65. The quantitative estimate of drug-likeness (QED) is 0.597. The van der Waals surface area contributed by atoms with Crippen LogP contribution in [0.5, 0.6) is 5.75 Å². The zero-order chi connectivity index (χ0) is 13.8. The van der Waals surface area contributed by atoms with Crippen LogP contribution in [0.4, 0.5) is 0 Å². The van der Waals surface area contributed by atoms with E-state index in [2.05, 4.69) is 0 Å². The highest BCUT2D eigenvalue weighted by Gasteiger charge is 2.16. The normalized spacial score (nSPS) is 11.6. The van der Waals surface area contributed by atoms with Crippen LogP contribution in [0.15, 0.2) is 17.0 Å². The zero-order valence-electron chi connectivity index (χ0n) is 10.7. The van der Waals surface area contributed by atoms with E-state index >= 15 is 0 Å². The maximum Gasteiger partial charge on any atom is 0.261 e. The number of halogens is 1. The number of ether oxygens (including phenoxy) is 2. The summed E-state index contributed by atoms with van der Waals surface area (Å²) in [6.07, 6.45) is 0. The van der Waals surface area contributed by atoms with Gasteiger partial charge in [0.25, 0.3) is 9.05 Å². The molecule has 0 bridgehead atoms. The van der Waals surface area contributed by atoms with Crippen molar-refractivity contribution in [2.24, 2.45) is 0 Å². The molecule has 0 fully saturated rings. The van der Waals surface area contributed by atoms with Gasteiger partial charge in [-0.3, -0.25) is 0 Å². The molecule has 0 saturated carbocycles. The van der Waals surface area contributed by atoms with Crippen molar-refractivity contribution < 1.29 is 17.9 Å². The molecule has 0 atom stereocenters. The van der Waals surface area contributed by atoms with Crippen molar-refractivity contribution in [1.29, 1.82) is 0 Å². The first kappa shape index (κ1) is 15.3. The Bertz CT molecular complexity index is 511. The van der Waals surface area contributed by atoms with Crippen LogP contribution in [0.25, 0.3) is 0 Å². The van der Waals surface area contributed by atoms with E-state index in [0.29, 0.717) is 31.1 Å². The lowest BCUT2D eigenvalue weighted by Crippen LogP contribution is -2.08. The van der Waals surface area contributed by atoms with Crippen molar-refractivity contribution >= 4 is 19.7 Å². The molecule has 0 aliphatic carbocycles. The lowest BCUT2D eigenvalue weighted by Gasteiger charge is -2.13. The van der Waals surface area contributed by atoms with Crippen LogP contribution in [-0.4, -0.2) is 28.2 Å². The standard InChI is InChI=1S/C12H17ClO4S/c1-4-16-7-8-17-11-5-6-12(18(13,14)15)10(3)9(11)2/h5-6H,4,7-8H2,1-3H3. The summed E-state index contributed by atoms with van der Waals surface area (Å²) in [4.78, 5) is 0.124. The Hall–Kier alpha value is -0.780. The largest absolute Gasteiger partial charge is 0.491 e. The summed E-state index contributed by atoms with van der Waals surface area (Å²) in [5, 5.41) is 0. The summed E-state index contributed by atoms with van der Waals surface area (Å²) < 4.78 is 33.3. The second kappa shape index (κ2) is 6.41. The highest BCUT2D eigenvalue weighted by atomic mass is 35.7. The Labute approximate surface area is 112 Å². The van der Waals surface area contributed by atoms with Crippen molar-refractivity contribution in [1.82, 2.24) is 0 Å². The molecular formula is C12H17ClO4S. The second-order valence-corrected chi connectivity index (χ2v) is 6.33. The van der Waals surface area contributed by atoms with Gasteiger partial charge in [-0.2, -0.15) is 0 Å². The SMILES string of the molecule is CCOCCOc1ccc(S(=O)(=O)Cl)c(C)c1C. The first-order valence-corrected chi connectivity index (χ1v) is 7.94. The van der Waals surface area contributed by atoms with E-state index in [1.807, 2.05) is 6.92 Å². The van der Waals surface area contributed by atoms with Crippen LogP contribution in [0.3, 0.4) is 0 Å². The monoisotopic (exact) mass is 292 g/mol. The lowest BCUT2D eigenvalue weighted by molar-refractivity contribution is 0.110. The van der Waals surface area contributed by atoms with E-state index < -0.39 is 9.05 Å². The third-order valence-electron chi connectivity index (χ3n) is 2.64. The number of hydrogen-bond donors (Lipinski definition) is 0. The van der Waals surface area contributed by atoms with Crippen molar-refractivity contribution in [3.63, 3.8) is 0 Å². The minimum absolute atomic E-state index is 0.124. The Morgan fingerprint density at radius 1 is 1.17 bits per heavy atom. The van der Waals surface area contributed by atoms with Crippen LogP contribution in [0, 0.1) is 13.8 Å². The van der Waals surface area contributed by atoms with Gasteiger partial charge in [-0.25, -0.2) is 8.42 Å². The summed E-state index contributed by atoms with van der Waals surface area (Å²) in [5.74, 6) is 0.649. The van der Waals surface area contributed by atoms with Crippen LogP contribution < -0.4 is 4.74 Å². The Morgan fingerprint density at radius 2 is 1.83 bits per heavy atom. The molecule has 0 aliphatic rings. The van der Waals surface area contributed by atoms with Crippen molar-refractivity contribution in [3.8, 4) is 5.75 Å². The minimum atomic E-state index is -3.71. The number of benzene rings is 1. The van der Waals surface area contributed by atoms with Crippen LogP contribution in [0.2, 0.25) is 0 Å². The fourth-order valence-electron chi connectivity index (χ4n) is 1.55. The molecule has 0 heterocycles. The summed E-state index contributed by atoms with van der Waals surface area (Å²) in [5.41, 5.74) is 1.38. The van der Waals surface area contributed by atoms with Crippen LogP contribution in [0.1, 0.15) is 18.1 Å². The second-order valence-electron chi connectivity index (χ2n) is 3.80. The van der Waals surface area contributed by atoms with E-state index in [1.165, 1.54) is 6.07 Å². The molecule has 0 spiro atoms. The minimum Gasteiger partial charge on any atom is -0.491 e. The molecule has 1 aromatic rings. The van der Waals surface area contributed by atoms with Gasteiger partial charge in [0.2, 0.25) is 0 Å². The first-order chi connectivity index (χ1) is 8.38. The van der Waals surface area contributed by atoms with E-state index in [9.17, 15) is 8.42 Å². The molecule has 0 N–H and O–H groups in total. The van der Waals surface area contributed by atoms with E-state index in [4.69, 9.17) is 20.2 Å². The van der Waals surface area contributed by atoms with Gasteiger partial charge in [0.15, 0.2) is 0 Å². The summed E-state index contributed by atoms with van der Waals surface area (Å²) in [7, 11) is 1.64. The van der Waals surface area contributed by atoms with E-state index in [-0.39, 0.29) is 4.90 Å². The van der Waals surface area contributed by atoms with Gasteiger partial charge < -0.3 is 9.47 Å². The molecule has 0 amide bonds. The number of hydrogen-bond acceptors (Lipinski definition) is 4. The van der Waals surface area contributed by atoms with Crippen LogP contribution in [-0.2, 0) is 13.8 Å². The van der Waals surface area contributed by atoms with Crippen molar-refractivity contribution in [2.75, 3.05) is 19.8 Å². The van der Waals surface area contributed by atoms with Gasteiger partial charge in [-0.15, -0.1) is 0 Å². The lowest BCUT2D eigenvalue weighted by atomic mass is 10.1. The third kappa shape index (κ3) is 3.86. The average Bonchev–Trinajstić information content (AvgIpc) is 2.28. The Balaban J connectivity index is 2.88. The Kier molecular flexibility index (Phi) is 5.44. The molecule has 1 aromatic carbocycles. The zero-order valence-corrected chi connectivity index (χ0v) is 12.3. The molecule has 0 aliphatic heterocycles. The van der Waals surface area contributed by atoms with E-state index in [1.54, 1.807) is 19.9 Å². The highest BCUT2D eigenvalue weighted by molar-refractivity contribution is 8.13. The van der Waals surface area contributed by atoms with Gasteiger partial charge in [-0.1, -0.05) is 0 Å². The summed E-state index contributed by atoms with van der Waals surface area (Å²) in [6.45, 7) is 7.00. The predicted molar refractivity (Wildman–Crippen MR) is 70.9 cm³/mol. The molecule has 0 aromatic heterocycles. The fraction of sp³-hybridized carbons (Fsp3) is 0.500. The molecule has 1 rings (SSSR count). The van der Waals surface area contributed by atoms with Crippen molar-refractivity contribution in [3.05, 3.63) is 23.3 Å². The van der Waals surface area contributed by atoms with Crippen LogP contribution >= 0.6 is 10.7 Å². The molecule has 0 saturated heterocycles. The molecule has 4 nitrogen and oxygen atoms in total. The maximum absolute atomic E-state index is 11.3. The molecule has 0 radical (unpaired) electrons. The van der Waals surface area contributed by atoms with Gasteiger partial charge >= 0.3 is 0 Å². The topological polar surface area (TPSA) is 52.6 Å². The van der Waals surface area contributed by atoms with Crippen molar-refractivity contribution in [2.45, 2.75) is 25.7 Å². The number of rotatable bonds is 6. The smallest absolute Gasteiger partial charge is 0.261 e. The average molecular weight is 293 g/mol. The van der Waals surface area contributed by atoms with E-state index in [0.717, 1.165) is 5.56 Å². The summed E-state index contributed by atoms with van der Waals surface area (Å²) in [6, 6.07) is 3.07. The fourth-order valence-corrected chi connectivity index (χ4v) is 2.80. The molecule has 6 heteroatoms. The molecule has 18 heavy (non-hydrogen) atoms. The third-order valence-corrected chi connectivity index (χ3v) is 4.11. The Morgan fingerprint density at radius 3 is 2.39 bits per heavy atom. The molecular weight excluding hydrogens is 276 g/mol. The highest BCUT2D eigenvalue weighted by Crippen LogP contribution is 2.28. The molecule has 0 unspecified atom stereocenters. The van der Waals surface area contributed by atoms with Gasteiger partial charge in [-0.05, 0) is 44.0 Å².